The molecule has 164 valence electrons. The number of hydrogen-bond acceptors (Lipinski definition) is 3. The third-order valence-electron chi connectivity index (χ3n) is 6.03. The Morgan fingerprint density at radius 1 is 1.10 bits per heavy atom. The fourth-order valence-corrected chi connectivity index (χ4v) is 4.30. The smallest absolute Gasteiger partial charge is 0.376 e. The molecule has 0 atom stereocenters. The lowest BCUT2D eigenvalue weighted by atomic mass is 9.74. The number of aromatic nitrogens is 2. The second-order valence-corrected chi connectivity index (χ2v) is 8.20. The number of piperidine rings is 1. The molecule has 1 aliphatic heterocycles. The average molecular weight is 429 g/mol. The Balaban J connectivity index is 1.57. The molecule has 4 nitrogen and oxygen atoms in total. The average Bonchev–Trinajstić information content (AvgIpc) is 3.20. The molecule has 0 saturated carbocycles. The maximum Gasteiger partial charge on any atom is 0.416 e. The number of nitrogens with zero attached hydrogens (tertiary/aromatic N) is 2. The maximum absolute atomic E-state index is 13.5. The van der Waals surface area contributed by atoms with Gasteiger partial charge in [-0.15, -0.1) is 0 Å². The lowest BCUT2D eigenvalue weighted by Crippen LogP contribution is -2.43. The third-order valence-corrected chi connectivity index (χ3v) is 6.03. The number of benzene rings is 2. The van der Waals surface area contributed by atoms with Crippen LogP contribution in [0.2, 0.25) is 0 Å². The molecule has 31 heavy (non-hydrogen) atoms. The van der Waals surface area contributed by atoms with Crippen molar-refractivity contribution >= 4 is 0 Å². The molecule has 2 aromatic carbocycles. The molecule has 1 aromatic heterocycles. The van der Waals surface area contributed by atoms with Crippen LogP contribution in [0.15, 0.2) is 61.1 Å². The van der Waals surface area contributed by atoms with Gasteiger partial charge >= 0.3 is 6.18 Å². The van der Waals surface area contributed by atoms with E-state index in [0.29, 0.717) is 23.4 Å². The minimum absolute atomic E-state index is 0.122. The monoisotopic (exact) mass is 429 g/mol. The summed E-state index contributed by atoms with van der Waals surface area (Å²) in [7, 11) is 1.76. The molecular formula is C24H26F3N3O. The molecule has 0 amide bonds. The standard InChI is InChI=1S/C24H26F3N3O/c1-30-17-29-14-22(30)19-11-18(12-21(13-19)24(25,26)27)15-31-16-23(7-9-28-10-8-23)20-5-3-2-4-6-20/h2-6,11-14,17,28H,7-10,15-16H2,1H3. The van der Waals surface area contributed by atoms with Crippen molar-refractivity contribution in [3.63, 3.8) is 0 Å². The fraction of sp³-hybridized carbons (Fsp3) is 0.375. The number of halogens is 3. The fourth-order valence-electron chi connectivity index (χ4n) is 4.30. The van der Waals surface area contributed by atoms with Crippen LogP contribution in [0.3, 0.4) is 0 Å². The molecule has 0 aliphatic carbocycles. The van der Waals surface area contributed by atoms with E-state index in [4.69, 9.17) is 4.74 Å². The van der Waals surface area contributed by atoms with Crippen molar-refractivity contribution in [1.29, 1.82) is 0 Å². The zero-order valence-electron chi connectivity index (χ0n) is 17.5. The minimum Gasteiger partial charge on any atom is -0.376 e. The first-order valence-corrected chi connectivity index (χ1v) is 10.4. The van der Waals surface area contributed by atoms with E-state index >= 15 is 0 Å². The Labute approximate surface area is 180 Å². The van der Waals surface area contributed by atoms with E-state index in [1.807, 2.05) is 18.2 Å². The van der Waals surface area contributed by atoms with Gasteiger partial charge in [0.25, 0.3) is 0 Å². The summed E-state index contributed by atoms with van der Waals surface area (Å²) < 4.78 is 48.3. The van der Waals surface area contributed by atoms with Crippen LogP contribution in [0.1, 0.15) is 29.5 Å². The molecule has 4 rings (SSSR count). The van der Waals surface area contributed by atoms with Crippen LogP contribution in [0.4, 0.5) is 13.2 Å². The molecule has 1 N–H and O–H groups in total. The molecular weight excluding hydrogens is 403 g/mol. The quantitative estimate of drug-likeness (QED) is 0.603. The van der Waals surface area contributed by atoms with Gasteiger partial charge in [-0.3, -0.25) is 0 Å². The summed E-state index contributed by atoms with van der Waals surface area (Å²) in [5.41, 5.74) is 2.03. The van der Waals surface area contributed by atoms with Crippen LogP contribution in [0.5, 0.6) is 0 Å². The van der Waals surface area contributed by atoms with Gasteiger partial charge < -0.3 is 14.6 Å². The van der Waals surface area contributed by atoms with Crippen molar-refractivity contribution in [3.8, 4) is 11.3 Å². The van der Waals surface area contributed by atoms with Crippen LogP contribution in [-0.2, 0) is 30.0 Å². The Kier molecular flexibility index (Phi) is 6.16. The first kappa shape index (κ1) is 21.6. The van der Waals surface area contributed by atoms with Gasteiger partial charge in [0.1, 0.15) is 0 Å². The van der Waals surface area contributed by atoms with Gasteiger partial charge in [0.05, 0.1) is 37.0 Å². The van der Waals surface area contributed by atoms with Crippen molar-refractivity contribution in [3.05, 3.63) is 77.7 Å². The summed E-state index contributed by atoms with van der Waals surface area (Å²) in [6.07, 6.45) is 0.579. The SMILES string of the molecule is Cn1cncc1-c1cc(COCC2(c3ccccc3)CCNCC2)cc(C(F)(F)F)c1. The number of aryl methyl sites for hydroxylation is 1. The summed E-state index contributed by atoms with van der Waals surface area (Å²) in [6.45, 7) is 2.38. The van der Waals surface area contributed by atoms with Crippen LogP contribution < -0.4 is 5.32 Å². The van der Waals surface area contributed by atoms with Crippen molar-refractivity contribution in [2.75, 3.05) is 19.7 Å². The second-order valence-electron chi connectivity index (χ2n) is 8.20. The van der Waals surface area contributed by atoms with Gasteiger partial charge in [-0.05, 0) is 55.3 Å². The third kappa shape index (κ3) is 4.83. The summed E-state index contributed by atoms with van der Waals surface area (Å²) in [5, 5.41) is 3.38. The molecule has 0 spiro atoms. The Hall–Kier alpha value is -2.64. The molecule has 2 heterocycles. The Bertz CT molecular complexity index is 1010. The first-order chi connectivity index (χ1) is 14.9. The highest BCUT2D eigenvalue weighted by molar-refractivity contribution is 5.61. The zero-order valence-corrected chi connectivity index (χ0v) is 17.5. The summed E-state index contributed by atoms with van der Waals surface area (Å²) in [6, 6.07) is 14.3. The van der Waals surface area contributed by atoms with Crippen LogP contribution in [0.25, 0.3) is 11.3 Å². The minimum atomic E-state index is -4.43. The van der Waals surface area contributed by atoms with E-state index in [9.17, 15) is 13.2 Å². The van der Waals surface area contributed by atoms with Crippen molar-refractivity contribution < 1.29 is 17.9 Å². The molecule has 0 bridgehead atoms. The van der Waals surface area contributed by atoms with E-state index in [2.05, 4.69) is 22.4 Å². The lowest BCUT2D eigenvalue weighted by Gasteiger charge is -2.38. The van der Waals surface area contributed by atoms with Gasteiger partial charge in [0.2, 0.25) is 0 Å². The Morgan fingerprint density at radius 2 is 1.84 bits per heavy atom. The summed E-state index contributed by atoms with van der Waals surface area (Å²) in [4.78, 5) is 4.03. The van der Waals surface area contributed by atoms with Gasteiger partial charge in [-0.25, -0.2) is 4.98 Å². The largest absolute Gasteiger partial charge is 0.416 e. The van der Waals surface area contributed by atoms with E-state index in [-0.39, 0.29) is 12.0 Å². The Morgan fingerprint density at radius 3 is 2.48 bits per heavy atom. The summed E-state index contributed by atoms with van der Waals surface area (Å²) in [5.74, 6) is 0. The molecule has 0 radical (unpaired) electrons. The number of imidazole rings is 1. The number of nitrogens with one attached hydrogen (secondary N) is 1. The highest BCUT2D eigenvalue weighted by atomic mass is 19.4. The predicted octanol–water partition coefficient (Wildman–Crippen LogP) is 4.94. The molecule has 3 aromatic rings. The van der Waals surface area contributed by atoms with E-state index < -0.39 is 11.7 Å². The van der Waals surface area contributed by atoms with E-state index in [0.717, 1.165) is 25.9 Å². The maximum atomic E-state index is 13.5. The van der Waals surface area contributed by atoms with Crippen LogP contribution in [0, 0.1) is 0 Å². The number of hydrogen-bond donors (Lipinski definition) is 1. The van der Waals surface area contributed by atoms with E-state index in [1.165, 1.54) is 17.7 Å². The number of alkyl halides is 3. The van der Waals surface area contributed by atoms with Gasteiger partial charge in [-0.1, -0.05) is 30.3 Å². The van der Waals surface area contributed by atoms with Gasteiger partial charge in [0.15, 0.2) is 0 Å². The topological polar surface area (TPSA) is 39.1 Å². The zero-order chi connectivity index (χ0) is 21.9. The van der Waals surface area contributed by atoms with E-state index in [1.54, 1.807) is 30.2 Å². The molecule has 1 fully saturated rings. The highest BCUT2D eigenvalue weighted by Gasteiger charge is 2.34. The molecule has 1 aliphatic rings. The number of ether oxygens (including phenoxy) is 1. The lowest BCUT2D eigenvalue weighted by molar-refractivity contribution is -0.137. The molecule has 7 heteroatoms. The van der Waals surface area contributed by atoms with Crippen molar-refractivity contribution in [1.82, 2.24) is 14.9 Å². The van der Waals surface area contributed by atoms with Crippen LogP contribution in [-0.4, -0.2) is 29.2 Å². The van der Waals surface area contributed by atoms with Crippen molar-refractivity contribution in [2.45, 2.75) is 31.0 Å². The summed E-state index contributed by atoms with van der Waals surface area (Å²) >= 11 is 0. The molecule has 1 saturated heterocycles. The first-order valence-electron chi connectivity index (χ1n) is 10.4. The van der Waals surface area contributed by atoms with Crippen LogP contribution >= 0.6 is 0 Å². The number of rotatable bonds is 6. The molecule has 0 unspecified atom stereocenters. The van der Waals surface area contributed by atoms with Gasteiger partial charge in [-0.2, -0.15) is 13.2 Å². The normalized spacial score (nSPS) is 16.4. The van der Waals surface area contributed by atoms with Crippen molar-refractivity contribution in [2.24, 2.45) is 7.05 Å². The second kappa shape index (κ2) is 8.85. The van der Waals surface area contributed by atoms with Gasteiger partial charge in [0, 0.05) is 18.0 Å². The highest BCUT2D eigenvalue weighted by Crippen LogP contribution is 2.36. The predicted molar refractivity (Wildman–Crippen MR) is 114 cm³/mol.